The van der Waals surface area contributed by atoms with Gasteiger partial charge in [0.25, 0.3) is 11.8 Å². The number of ether oxygens (including phenoxy) is 2. The Kier molecular flexibility index (Phi) is 8.98. The van der Waals surface area contributed by atoms with Crippen molar-refractivity contribution in [3.05, 3.63) is 106 Å². The maximum absolute atomic E-state index is 13.9. The molecule has 0 aliphatic carbocycles. The third-order valence-corrected chi connectivity index (χ3v) is 9.03. The number of nitrogens with one attached hydrogen (secondary N) is 1. The number of aromatic nitrogens is 3. The van der Waals surface area contributed by atoms with E-state index in [0.717, 1.165) is 27.4 Å². The van der Waals surface area contributed by atoms with Crippen molar-refractivity contribution in [3.8, 4) is 17.2 Å². The Labute approximate surface area is 267 Å². The molecule has 230 valence electrons. The van der Waals surface area contributed by atoms with E-state index < -0.39 is 0 Å². The van der Waals surface area contributed by atoms with Crippen LogP contribution >= 0.6 is 23.1 Å². The first-order chi connectivity index (χ1) is 22.0. The fourth-order valence-corrected chi connectivity index (χ4v) is 6.67. The molecule has 13 heteroatoms. The van der Waals surface area contributed by atoms with Crippen molar-refractivity contribution in [2.24, 2.45) is 5.10 Å². The Morgan fingerprint density at radius 1 is 1.07 bits per heavy atom. The highest BCUT2D eigenvalue weighted by molar-refractivity contribution is 7.99. The minimum Gasteiger partial charge on any atom is -0.493 e. The number of para-hydroxylation sites is 1. The number of hydrazone groups is 1. The van der Waals surface area contributed by atoms with Crippen molar-refractivity contribution in [1.29, 1.82) is 0 Å². The number of methoxy groups -OCH3 is 2. The number of benzene rings is 2. The Balaban J connectivity index is 1.27. The summed E-state index contributed by atoms with van der Waals surface area (Å²) in [5, 5.41) is 20.4. The standard InChI is InChI=1S/C32H30N6O5S2/c1-20-8-4-9-21(16-20)37-28(18-33-31(40)26-12-6-14-43-26)34-35-32(37)45-19-29(39)38-24(17-23(36-38)27-13-7-15-44-27)22-10-5-11-25(41-2)30(22)42-3/h4-16,24H,17-19H2,1-3H3,(H,33,40). The normalized spacial score (nSPS) is 14.3. The van der Waals surface area contributed by atoms with E-state index in [4.69, 9.17) is 19.0 Å². The first-order valence-electron chi connectivity index (χ1n) is 14.1. The van der Waals surface area contributed by atoms with Crippen LogP contribution in [0, 0.1) is 6.92 Å². The van der Waals surface area contributed by atoms with Crippen LogP contribution in [-0.2, 0) is 11.3 Å². The fourth-order valence-electron chi connectivity index (χ4n) is 5.13. The van der Waals surface area contributed by atoms with E-state index in [1.54, 1.807) is 37.7 Å². The predicted molar refractivity (Wildman–Crippen MR) is 171 cm³/mol. The summed E-state index contributed by atoms with van der Waals surface area (Å²) in [4.78, 5) is 27.5. The molecular formula is C32H30N6O5S2. The van der Waals surface area contributed by atoms with Gasteiger partial charge in [-0.05, 0) is 54.3 Å². The van der Waals surface area contributed by atoms with Crippen molar-refractivity contribution >= 4 is 40.6 Å². The first-order valence-corrected chi connectivity index (χ1v) is 15.9. The van der Waals surface area contributed by atoms with Crippen molar-refractivity contribution in [2.75, 3.05) is 20.0 Å². The fraction of sp³-hybridized carbons (Fsp3) is 0.219. The van der Waals surface area contributed by atoms with Gasteiger partial charge in [0.05, 0.1) is 49.4 Å². The smallest absolute Gasteiger partial charge is 0.287 e. The van der Waals surface area contributed by atoms with E-state index in [1.807, 2.05) is 71.5 Å². The number of carbonyl (C=O) groups is 2. The van der Waals surface area contributed by atoms with Crippen LogP contribution in [0.1, 0.15) is 44.8 Å². The summed E-state index contributed by atoms with van der Waals surface area (Å²) in [5.74, 6) is 1.34. The number of rotatable bonds is 11. The average Bonchev–Trinajstić information content (AvgIpc) is 3.89. The molecule has 0 fully saturated rings. The van der Waals surface area contributed by atoms with Crippen LogP contribution in [0.2, 0.25) is 0 Å². The number of amides is 2. The van der Waals surface area contributed by atoms with E-state index in [1.165, 1.54) is 23.0 Å². The van der Waals surface area contributed by atoms with Gasteiger partial charge in [-0.1, -0.05) is 42.1 Å². The van der Waals surface area contributed by atoms with Crippen LogP contribution in [0.4, 0.5) is 0 Å². The van der Waals surface area contributed by atoms with Crippen LogP contribution in [0.5, 0.6) is 11.5 Å². The van der Waals surface area contributed by atoms with Gasteiger partial charge in [0.1, 0.15) is 0 Å². The van der Waals surface area contributed by atoms with E-state index in [-0.39, 0.29) is 35.9 Å². The SMILES string of the molecule is COc1cccc(C2CC(c3cccs3)=NN2C(=O)CSc2nnc(CNC(=O)c3ccco3)n2-c2cccc(C)c2)c1OC. The molecule has 11 nitrogen and oxygen atoms in total. The molecule has 1 unspecified atom stereocenters. The summed E-state index contributed by atoms with van der Waals surface area (Å²) in [5.41, 5.74) is 3.50. The van der Waals surface area contributed by atoms with Gasteiger partial charge in [0, 0.05) is 17.7 Å². The first kappa shape index (κ1) is 30.2. The molecule has 5 aromatic rings. The molecule has 0 saturated heterocycles. The highest BCUT2D eigenvalue weighted by Gasteiger charge is 2.36. The molecule has 6 rings (SSSR count). The molecule has 45 heavy (non-hydrogen) atoms. The van der Waals surface area contributed by atoms with Gasteiger partial charge < -0.3 is 19.2 Å². The minimum atomic E-state index is -0.387. The second-order valence-corrected chi connectivity index (χ2v) is 12.0. The molecule has 2 amide bonds. The third kappa shape index (κ3) is 6.35. The Hall–Kier alpha value is -4.88. The van der Waals surface area contributed by atoms with Gasteiger partial charge in [-0.25, -0.2) is 5.01 Å². The highest BCUT2D eigenvalue weighted by Crippen LogP contribution is 2.42. The zero-order valence-electron chi connectivity index (χ0n) is 24.8. The van der Waals surface area contributed by atoms with Crippen LogP contribution < -0.4 is 14.8 Å². The Morgan fingerprint density at radius 3 is 2.67 bits per heavy atom. The van der Waals surface area contributed by atoms with E-state index in [9.17, 15) is 9.59 Å². The zero-order chi connectivity index (χ0) is 31.3. The Morgan fingerprint density at radius 2 is 1.93 bits per heavy atom. The number of carbonyl (C=O) groups excluding carboxylic acids is 2. The number of thioether (sulfide) groups is 1. The number of aryl methyl sites for hydroxylation is 1. The van der Waals surface area contributed by atoms with Gasteiger partial charge in [-0.2, -0.15) is 5.10 Å². The quantitative estimate of drug-likeness (QED) is 0.184. The molecule has 3 aromatic heterocycles. The van der Waals surface area contributed by atoms with Crippen molar-refractivity contribution in [1.82, 2.24) is 25.1 Å². The summed E-state index contributed by atoms with van der Waals surface area (Å²) in [6.45, 7) is 2.10. The zero-order valence-corrected chi connectivity index (χ0v) is 26.4. The summed E-state index contributed by atoms with van der Waals surface area (Å²) >= 11 is 2.83. The molecule has 1 aliphatic heterocycles. The molecule has 0 bridgehead atoms. The molecule has 0 spiro atoms. The van der Waals surface area contributed by atoms with E-state index >= 15 is 0 Å². The summed E-state index contributed by atoms with van der Waals surface area (Å²) in [6, 6.07) is 20.3. The molecule has 1 atom stereocenters. The van der Waals surface area contributed by atoms with Crippen LogP contribution in [0.3, 0.4) is 0 Å². The topological polar surface area (TPSA) is 124 Å². The van der Waals surface area contributed by atoms with E-state index in [2.05, 4.69) is 15.5 Å². The lowest BCUT2D eigenvalue weighted by Gasteiger charge is -2.24. The van der Waals surface area contributed by atoms with Crippen LogP contribution in [0.25, 0.3) is 5.69 Å². The lowest BCUT2D eigenvalue weighted by Crippen LogP contribution is -2.29. The van der Waals surface area contributed by atoms with Crippen molar-refractivity contribution in [2.45, 2.75) is 31.1 Å². The predicted octanol–water partition coefficient (Wildman–Crippen LogP) is 5.65. The van der Waals surface area contributed by atoms with Gasteiger partial charge in [0.15, 0.2) is 28.2 Å². The maximum atomic E-state index is 13.9. The number of nitrogens with zero attached hydrogens (tertiary/aromatic N) is 5. The van der Waals surface area contributed by atoms with Crippen molar-refractivity contribution < 1.29 is 23.5 Å². The third-order valence-electron chi connectivity index (χ3n) is 7.20. The summed E-state index contributed by atoms with van der Waals surface area (Å²) < 4.78 is 18.3. The van der Waals surface area contributed by atoms with Gasteiger partial charge in [-0.15, -0.1) is 21.5 Å². The summed E-state index contributed by atoms with van der Waals surface area (Å²) in [6.07, 6.45) is 1.97. The lowest BCUT2D eigenvalue weighted by molar-refractivity contribution is -0.130. The lowest BCUT2D eigenvalue weighted by atomic mass is 9.99. The molecule has 2 aromatic carbocycles. The van der Waals surface area contributed by atoms with Gasteiger partial charge in [0.2, 0.25) is 0 Å². The molecule has 0 radical (unpaired) electrons. The molecular weight excluding hydrogens is 613 g/mol. The average molecular weight is 643 g/mol. The number of thiophene rings is 1. The second kappa shape index (κ2) is 13.4. The minimum absolute atomic E-state index is 0.0483. The number of hydrogen-bond acceptors (Lipinski definition) is 10. The van der Waals surface area contributed by atoms with Gasteiger partial charge >= 0.3 is 0 Å². The number of hydrogen-bond donors (Lipinski definition) is 1. The monoisotopic (exact) mass is 642 g/mol. The molecule has 0 saturated carbocycles. The molecule has 1 N–H and O–H groups in total. The van der Waals surface area contributed by atoms with E-state index in [0.29, 0.717) is 28.9 Å². The van der Waals surface area contributed by atoms with Crippen LogP contribution in [0.15, 0.2) is 93.0 Å². The number of furan rings is 1. The maximum Gasteiger partial charge on any atom is 0.287 e. The summed E-state index contributed by atoms with van der Waals surface area (Å²) in [7, 11) is 3.18. The highest BCUT2D eigenvalue weighted by atomic mass is 32.2. The molecule has 1 aliphatic rings. The van der Waals surface area contributed by atoms with Crippen molar-refractivity contribution in [3.63, 3.8) is 0 Å². The Bertz CT molecular complexity index is 1830. The molecule has 4 heterocycles. The van der Waals surface area contributed by atoms with Gasteiger partial charge in [-0.3, -0.25) is 14.2 Å². The largest absolute Gasteiger partial charge is 0.493 e. The van der Waals surface area contributed by atoms with Crippen LogP contribution in [-0.4, -0.2) is 57.3 Å². The second-order valence-electron chi connectivity index (χ2n) is 10.1.